The first-order valence-corrected chi connectivity index (χ1v) is 9.13. The van der Waals surface area contributed by atoms with Crippen LogP contribution in [-0.4, -0.2) is 32.5 Å². The van der Waals surface area contributed by atoms with E-state index in [1.807, 2.05) is 0 Å². The summed E-state index contributed by atoms with van der Waals surface area (Å²) in [7, 11) is 0. The zero-order chi connectivity index (χ0) is 21.6. The van der Waals surface area contributed by atoms with E-state index in [-0.39, 0.29) is 41.6 Å². The van der Waals surface area contributed by atoms with Crippen LogP contribution in [0.15, 0.2) is 25.0 Å². The van der Waals surface area contributed by atoms with E-state index in [0.29, 0.717) is 35.2 Å². The molecule has 0 fully saturated rings. The molecule has 30 heavy (non-hydrogen) atoms. The maximum atomic E-state index is 12.2. The third-order valence-corrected chi connectivity index (χ3v) is 5.32. The van der Waals surface area contributed by atoms with Gasteiger partial charge in [-0.25, -0.2) is 0 Å². The monoisotopic (exact) mass is 415 g/mol. The third-order valence-electron chi connectivity index (χ3n) is 5.32. The summed E-state index contributed by atoms with van der Waals surface area (Å²) < 4.78 is 4.88. The number of carbonyl (C=O) groups is 1. The number of aromatic nitrogens is 3. The fraction of sp³-hybridized carbons (Fsp3) is 0.333. The Morgan fingerprint density at radius 3 is 2.57 bits per heavy atom. The quantitative estimate of drug-likeness (QED) is 0.252. The molecule has 1 amide bonds. The molecule has 4 N–H and O–H groups in total. The summed E-state index contributed by atoms with van der Waals surface area (Å²) in [4.78, 5) is 63.0. The van der Waals surface area contributed by atoms with Crippen molar-refractivity contribution in [2.24, 2.45) is 5.92 Å². The van der Waals surface area contributed by atoms with Gasteiger partial charge in [-0.1, -0.05) is 0 Å². The number of nitro groups is 1. The van der Waals surface area contributed by atoms with Crippen LogP contribution in [0.2, 0.25) is 0 Å². The molecular weight excluding hydrogens is 398 g/mol. The van der Waals surface area contributed by atoms with Crippen LogP contribution in [0, 0.1) is 23.0 Å². The van der Waals surface area contributed by atoms with Crippen LogP contribution in [0.4, 0.5) is 5.69 Å². The van der Waals surface area contributed by atoms with E-state index < -0.39 is 21.6 Å². The topological polar surface area (TPSA) is 184 Å². The first-order valence-electron chi connectivity index (χ1n) is 9.13. The highest BCUT2D eigenvalue weighted by atomic mass is 16.6. The Morgan fingerprint density at radius 2 is 1.90 bits per heavy atom. The number of nitrogens with one attached hydrogen (secondary N) is 4. The number of benzene rings is 1. The number of aromatic amines is 3. The molecule has 4 rings (SSSR count). The van der Waals surface area contributed by atoms with E-state index in [4.69, 9.17) is 4.52 Å². The van der Waals surface area contributed by atoms with Crippen LogP contribution in [0.25, 0.3) is 11.0 Å². The van der Waals surface area contributed by atoms with E-state index in [0.717, 1.165) is 0 Å². The van der Waals surface area contributed by atoms with Crippen molar-refractivity contribution < 1.29 is 14.2 Å². The van der Waals surface area contributed by atoms with Gasteiger partial charge in [0.15, 0.2) is 0 Å². The lowest BCUT2D eigenvalue weighted by atomic mass is 10.1. The number of hydrogen-bond acceptors (Lipinski definition) is 7. The smallest absolute Gasteiger partial charge is 0.314 e. The van der Waals surface area contributed by atoms with Crippen LogP contribution in [-0.2, 0) is 24.1 Å². The number of hydrogen-bond donors (Lipinski definition) is 4. The Balaban J connectivity index is 1.56. The van der Waals surface area contributed by atoms with Gasteiger partial charge >= 0.3 is 11.1 Å². The lowest BCUT2D eigenvalue weighted by Gasteiger charge is -2.10. The number of aryl methyl sites for hydroxylation is 1. The Labute approximate surface area is 166 Å². The van der Waals surface area contributed by atoms with Crippen LogP contribution in [0.5, 0.6) is 0 Å². The number of fused-ring (bicyclic) bond motifs is 3. The molecule has 0 aliphatic heterocycles. The molecule has 1 aliphatic rings. The molecule has 0 bridgehead atoms. The number of carbonyl (C=O) groups excluding carboxylic acids is 1. The van der Waals surface area contributed by atoms with E-state index in [9.17, 15) is 29.3 Å². The minimum atomic E-state index is -0.886. The third kappa shape index (κ3) is 3.32. The minimum absolute atomic E-state index is 0.144. The van der Waals surface area contributed by atoms with E-state index in [2.05, 4.69) is 20.4 Å². The average molecular weight is 415 g/mol. The average Bonchev–Trinajstić information content (AvgIpc) is 3.25. The van der Waals surface area contributed by atoms with Crippen molar-refractivity contribution in [1.82, 2.24) is 20.4 Å². The summed E-state index contributed by atoms with van der Waals surface area (Å²) in [5.74, 6) is -0.186. The molecule has 1 aliphatic carbocycles. The fourth-order valence-electron chi connectivity index (χ4n) is 3.86. The molecule has 0 saturated carbocycles. The molecule has 156 valence electrons. The molecule has 1 unspecified atom stereocenters. The summed E-state index contributed by atoms with van der Waals surface area (Å²) >= 11 is 0. The van der Waals surface area contributed by atoms with Gasteiger partial charge in [0.2, 0.25) is 5.91 Å². The van der Waals surface area contributed by atoms with Gasteiger partial charge in [0.25, 0.3) is 11.2 Å². The molecule has 0 radical (unpaired) electrons. The van der Waals surface area contributed by atoms with Crippen LogP contribution >= 0.6 is 0 Å². The maximum Gasteiger partial charge on any atom is 0.314 e. The van der Waals surface area contributed by atoms with Gasteiger partial charge in [-0.3, -0.25) is 29.3 Å². The zero-order valence-electron chi connectivity index (χ0n) is 15.8. The summed E-state index contributed by atoms with van der Waals surface area (Å²) in [5.41, 5.74) is -0.500. The van der Waals surface area contributed by atoms with Gasteiger partial charge in [-0.05, 0) is 31.2 Å². The van der Waals surface area contributed by atoms with Crippen LogP contribution in [0.3, 0.4) is 0 Å². The summed E-state index contributed by atoms with van der Waals surface area (Å²) in [6, 6.07) is 1.24. The summed E-state index contributed by atoms with van der Waals surface area (Å²) in [6.07, 6.45) is 0.560. The van der Waals surface area contributed by atoms with Gasteiger partial charge in [-0.2, -0.15) is 5.16 Å². The van der Waals surface area contributed by atoms with Gasteiger partial charge in [-0.15, -0.1) is 0 Å². The van der Waals surface area contributed by atoms with Crippen molar-refractivity contribution in [2.75, 3.05) is 6.54 Å². The second-order valence-corrected chi connectivity index (χ2v) is 7.26. The number of nitrogens with zero attached hydrogens (tertiary/aromatic N) is 1. The molecule has 12 nitrogen and oxygen atoms in total. The van der Waals surface area contributed by atoms with Crippen molar-refractivity contribution in [3.8, 4) is 0 Å². The molecule has 3 aromatic rings. The molecule has 12 heteroatoms. The zero-order valence-corrected chi connectivity index (χ0v) is 15.8. The predicted molar refractivity (Wildman–Crippen MR) is 104 cm³/mol. The molecule has 2 aromatic heterocycles. The van der Waals surface area contributed by atoms with Gasteiger partial charge < -0.3 is 19.8 Å². The first-order chi connectivity index (χ1) is 14.2. The Morgan fingerprint density at radius 1 is 1.20 bits per heavy atom. The minimum Gasteiger partial charge on any atom is -0.384 e. The SMILES string of the molecule is Cc1o[nH]c(=O)c1CC(=O)NCC1Cc2c([N+](=O)[O-])cc3[nH]c(=O)c(=O)[nH]c3c2C1. The predicted octanol–water partition coefficient (Wildman–Crippen LogP) is -0.212. The van der Waals surface area contributed by atoms with Crippen LogP contribution < -0.4 is 22.0 Å². The molecular formula is C18H17N5O7. The maximum absolute atomic E-state index is 12.2. The summed E-state index contributed by atoms with van der Waals surface area (Å²) in [6.45, 7) is 1.80. The van der Waals surface area contributed by atoms with Crippen molar-refractivity contribution in [3.05, 3.63) is 69.7 Å². The molecule has 2 heterocycles. The number of amides is 1. The Kier molecular flexibility index (Phi) is 4.60. The lowest BCUT2D eigenvalue weighted by molar-refractivity contribution is -0.385. The molecule has 1 atom stereocenters. The van der Waals surface area contributed by atoms with Gasteiger partial charge in [0.1, 0.15) is 5.76 Å². The molecule has 0 saturated heterocycles. The Hall–Kier alpha value is -3.96. The van der Waals surface area contributed by atoms with Crippen molar-refractivity contribution in [1.29, 1.82) is 0 Å². The summed E-state index contributed by atoms with van der Waals surface area (Å²) in [5, 5.41) is 16.4. The number of nitro benzene ring substituents is 1. The van der Waals surface area contributed by atoms with Crippen molar-refractivity contribution in [2.45, 2.75) is 26.2 Å². The van der Waals surface area contributed by atoms with Crippen LogP contribution in [0.1, 0.15) is 22.5 Å². The molecule has 0 spiro atoms. The molecule has 1 aromatic carbocycles. The largest absolute Gasteiger partial charge is 0.384 e. The fourth-order valence-corrected chi connectivity index (χ4v) is 3.86. The van der Waals surface area contributed by atoms with Gasteiger partial charge in [0, 0.05) is 18.2 Å². The standard InChI is InChI=1S/C18H17N5O7/c1-7-9(16(25)22-30-7)4-14(24)19-6-8-2-10-11(3-8)15-12(5-13(10)23(28)29)20-17(26)18(27)21-15/h5,8H,2-4,6H2,1H3,(H,19,24)(H,20,26)(H,21,27)(H,22,25). The highest BCUT2D eigenvalue weighted by Crippen LogP contribution is 2.37. The van der Waals surface area contributed by atoms with Crippen molar-refractivity contribution in [3.63, 3.8) is 0 Å². The van der Waals surface area contributed by atoms with Gasteiger partial charge in [0.05, 0.1) is 27.9 Å². The lowest BCUT2D eigenvalue weighted by Crippen LogP contribution is -2.32. The number of H-pyrrole nitrogens is 3. The number of rotatable bonds is 5. The van der Waals surface area contributed by atoms with E-state index in [1.165, 1.54) is 6.07 Å². The normalized spacial score (nSPS) is 15.3. The highest BCUT2D eigenvalue weighted by Gasteiger charge is 2.31. The second kappa shape index (κ2) is 7.13. The first kappa shape index (κ1) is 19.4. The Bertz CT molecular complexity index is 1360. The second-order valence-electron chi connectivity index (χ2n) is 7.26. The van der Waals surface area contributed by atoms with Crippen molar-refractivity contribution >= 4 is 22.6 Å². The van der Waals surface area contributed by atoms with E-state index >= 15 is 0 Å². The van der Waals surface area contributed by atoms with E-state index in [1.54, 1.807) is 6.92 Å². The highest BCUT2D eigenvalue weighted by molar-refractivity contribution is 5.84.